The Morgan fingerprint density at radius 2 is 1.62 bits per heavy atom. The summed E-state index contributed by atoms with van der Waals surface area (Å²) in [6.45, 7) is 7.62. The van der Waals surface area contributed by atoms with Crippen LogP contribution in [0, 0.1) is 13.8 Å². The summed E-state index contributed by atoms with van der Waals surface area (Å²) in [6.07, 6.45) is 0.962. The first-order chi connectivity index (χ1) is 10.1. The summed E-state index contributed by atoms with van der Waals surface area (Å²) in [4.78, 5) is 14.7. The average molecular weight is 281 g/mol. The molecular formula is C19H23NO. The number of hydrogen-bond acceptors (Lipinski definition) is 1. The fourth-order valence-electron chi connectivity index (χ4n) is 2.61. The van der Waals surface area contributed by atoms with Crippen LogP contribution in [-0.4, -0.2) is 17.4 Å². The van der Waals surface area contributed by atoms with Gasteiger partial charge >= 0.3 is 0 Å². The van der Waals surface area contributed by atoms with Gasteiger partial charge < -0.3 is 4.90 Å². The van der Waals surface area contributed by atoms with Gasteiger partial charge in [-0.05, 0) is 38.0 Å². The van der Waals surface area contributed by atoms with E-state index >= 15 is 0 Å². The molecule has 0 bridgehead atoms. The quantitative estimate of drug-likeness (QED) is 0.797. The summed E-state index contributed by atoms with van der Waals surface area (Å²) in [7, 11) is 0. The highest BCUT2D eigenvalue weighted by Crippen LogP contribution is 2.14. The fourth-order valence-corrected chi connectivity index (χ4v) is 2.61. The highest BCUT2D eigenvalue weighted by Gasteiger charge is 2.15. The molecule has 0 saturated carbocycles. The van der Waals surface area contributed by atoms with Gasteiger partial charge in [0, 0.05) is 18.7 Å². The molecule has 0 atom stereocenters. The third-order valence-corrected chi connectivity index (χ3v) is 3.47. The predicted molar refractivity (Wildman–Crippen MR) is 87.4 cm³/mol. The van der Waals surface area contributed by atoms with E-state index in [0.717, 1.165) is 29.7 Å². The number of carbonyl (C=O) groups excluding carboxylic acids is 1. The second kappa shape index (κ2) is 7.07. The van der Waals surface area contributed by atoms with Crippen LogP contribution in [0.2, 0.25) is 0 Å². The zero-order valence-electron chi connectivity index (χ0n) is 13.1. The first kappa shape index (κ1) is 15.3. The first-order valence-corrected chi connectivity index (χ1v) is 7.51. The Labute approximate surface area is 127 Å². The summed E-state index contributed by atoms with van der Waals surface area (Å²) in [6, 6.07) is 16.2. The Morgan fingerprint density at radius 3 is 2.19 bits per heavy atom. The van der Waals surface area contributed by atoms with Crippen LogP contribution in [0.1, 0.15) is 40.4 Å². The monoisotopic (exact) mass is 281 g/mol. The predicted octanol–water partition coefficient (Wildman–Crippen LogP) is 4.36. The molecule has 0 aliphatic rings. The van der Waals surface area contributed by atoms with Crippen molar-refractivity contribution in [2.24, 2.45) is 0 Å². The van der Waals surface area contributed by atoms with Crippen molar-refractivity contribution in [3.8, 4) is 0 Å². The topological polar surface area (TPSA) is 20.3 Å². The molecule has 1 amide bonds. The Hall–Kier alpha value is -2.09. The van der Waals surface area contributed by atoms with E-state index in [4.69, 9.17) is 0 Å². The molecule has 110 valence electrons. The number of aryl methyl sites for hydroxylation is 2. The molecule has 0 fully saturated rings. The number of nitrogens with zero attached hydrogens (tertiary/aromatic N) is 1. The van der Waals surface area contributed by atoms with Gasteiger partial charge in [0.15, 0.2) is 0 Å². The molecule has 2 aromatic rings. The highest BCUT2D eigenvalue weighted by molar-refractivity contribution is 5.94. The molecule has 0 saturated heterocycles. The van der Waals surface area contributed by atoms with Gasteiger partial charge in [-0.2, -0.15) is 0 Å². The maximum Gasteiger partial charge on any atom is 0.254 e. The Morgan fingerprint density at radius 1 is 1.00 bits per heavy atom. The van der Waals surface area contributed by atoms with Crippen LogP contribution in [0.4, 0.5) is 0 Å². The molecule has 0 unspecified atom stereocenters. The van der Waals surface area contributed by atoms with Crippen LogP contribution in [0.3, 0.4) is 0 Å². The lowest BCUT2D eigenvalue weighted by Gasteiger charge is -2.23. The number of benzene rings is 2. The minimum atomic E-state index is 0.118. The molecule has 2 nitrogen and oxygen atoms in total. The van der Waals surface area contributed by atoms with Crippen LogP contribution < -0.4 is 0 Å². The largest absolute Gasteiger partial charge is 0.334 e. The van der Waals surface area contributed by atoms with Crippen LogP contribution in [0.5, 0.6) is 0 Å². The molecule has 0 spiro atoms. The lowest BCUT2D eigenvalue weighted by molar-refractivity contribution is 0.0743. The molecule has 0 N–H and O–H groups in total. The van der Waals surface area contributed by atoms with Crippen molar-refractivity contribution in [1.82, 2.24) is 4.90 Å². The molecule has 0 radical (unpaired) electrons. The van der Waals surface area contributed by atoms with Gasteiger partial charge in [-0.3, -0.25) is 4.79 Å². The van der Waals surface area contributed by atoms with Gasteiger partial charge in [-0.15, -0.1) is 0 Å². The standard InChI is InChI=1S/C19H23NO/c1-4-10-20(14-17-8-6-5-7-9-17)19(21)18-12-15(2)11-16(3)13-18/h5-9,11-13H,4,10,14H2,1-3H3. The van der Waals surface area contributed by atoms with Crippen molar-refractivity contribution in [2.45, 2.75) is 33.7 Å². The zero-order chi connectivity index (χ0) is 15.2. The van der Waals surface area contributed by atoms with Crippen LogP contribution in [0.25, 0.3) is 0 Å². The van der Waals surface area contributed by atoms with Gasteiger partial charge in [-0.25, -0.2) is 0 Å². The Kier molecular flexibility index (Phi) is 5.15. The van der Waals surface area contributed by atoms with Crippen molar-refractivity contribution < 1.29 is 4.79 Å². The van der Waals surface area contributed by atoms with Crippen molar-refractivity contribution in [2.75, 3.05) is 6.54 Å². The highest BCUT2D eigenvalue weighted by atomic mass is 16.2. The molecule has 2 heteroatoms. The van der Waals surface area contributed by atoms with E-state index in [1.807, 2.05) is 49.1 Å². The van der Waals surface area contributed by atoms with Gasteiger partial charge in [0.05, 0.1) is 0 Å². The molecule has 0 heterocycles. The number of carbonyl (C=O) groups is 1. The Bertz CT molecular complexity index is 584. The lowest BCUT2D eigenvalue weighted by atomic mass is 10.1. The van der Waals surface area contributed by atoms with E-state index in [1.165, 1.54) is 5.56 Å². The van der Waals surface area contributed by atoms with Crippen LogP contribution >= 0.6 is 0 Å². The maximum atomic E-state index is 12.8. The van der Waals surface area contributed by atoms with Gasteiger partial charge in [-0.1, -0.05) is 54.4 Å². The van der Waals surface area contributed by atoms with E-state index in [0.29, 0.717) is 6.54 Å². The van der Waals surface area contributed by atoms with E-state index in [9.17, 15) is 4.79 Å². The molecule has 0 aliphatic carbocycles. The van der Waals surface area contributed by atoms with Crippen molar-refractivity contribution in [3.05, 3.63) is 70.8 Å². The third kappa shape index (κ3) is 4.19. The molecule has 21 heavy (non-hydrogen) atoms. The SMILES string of the molecule is CCCN(Cc1ccccc1)C(=O)c1cc(C)cc(C)c1. The Balaban J connectivity index is 2.22. The van der Waals surface area contributed by atoms with Crippen molar-refractivity contribution >= 4 is 5.91 Å². The first-order valence-electron chi connectivity index (χ1n) is 7.51. The van der Waals surface area contributed by atoms with Gasteiger partial charge in [0.25, 0.3) is 5.91 Å². The summed E-state index contributed by atoms with van der Waals surface area (Å²) in [5, 5.41) is 0. The molecule has 0 aliphatic heterocycles. The maximum absolute atomic E-state index is 12.8. The summed E-state index contributed by atoms with van der Waals surface area (Å²) in [5.41, 5.74) is 4.23. The van der Waals surface area contributed by atoms with E-state index in [2.05, 4.69) is 25.1 Å². The number of rotatable bonds is 5. The zero-order valence-corrected chi connectivity index (χ0v) is 13.1. The minimum absolute atomic E-state index is 0.118. The second-order valence-corrected chi connectivity index (χ2v) is 5.59. The molecular weight excluding hydrogens is 258 g/mol. The van der Waals surface area contributed by atoms with Gasteiger partial charge in [0.2, 0.25) is 0 Å². The summed E-state index contributed by atoms with van der Waals surface area (Å²) in [5.74, 6) is 0.118. The van der Waals surface area contributed by atoms with Gasteiger partial charge in [0.1, 0.15) is 0 Å². The van der Waals surface area contributed by atoms with E-state index in [1.54, 1.807) is 0 Å². The van der Waals surface area contributed by atoms with E-state index in [-0.39, 0.29) is 5.91 Å². The molecule has 2 rings (SSSR count). The normalized spacial score (nSPS) is 10.4. The molecule has 2 aromatic carbocycles. The van der Waals surface area contributed by atoms with Crippen molar-refractivity contribution in [1.29, 1.82) is 0 Å². The third-order valence-electron chi connectivity index (χ3n) is 3.47. The van der Waals surface area contributed by atoms with Crippen LogP contribution in [0.15, 0.2) is 48.5 Å². The van der Waals surface area contributed by atoms with Crippen LogP contribution in [-0.2, 0) is 6.54 Å². The lowest BCUT2D eigenvalue weighted by Crippen LogP contribution is -2.31. The molecule has 0 aromatic heterocycles. The second-order valence-electron chi connectivity index (χ2n) is 5.59. The average Bonchev–Trinajstić information content (AvgIpc) is 2.46. The van der Waals surface area contributed by atoms with Crippen molar-refractivity contribution in [3.63, 3.8) is 0 Å². The number of hydrogen-bond donors (Lipinski definition) is 0. The fraction of sp³-hybridized carbons (Fsp3) is 0.316. The number of amides is 1. The minimum Gasteiger partial charge on any atom is -0.334 e. The smallest absolute Gasteiger partial charge is 0.254 e. The summed E-state index contributed by atoms with van der Waals surface area (Å²) >= 11 is 0. The summed E-state index contributed by atoms with van der Waals surface area (Å²) < 4.78 is 0. The van der Waals surface area contributed by atoms with E-state index < -0.39 is 0 Å².